The number of rotatable bonds is 12. The minimum atomic E-state index is -0.490. The Morgan fingerprint density at radius 3 is 2.40 bits per heavy atom. The van der Waals surface area contributed by atoms with Crippen LogP contribution in [0.25, 0.3) is 0 Å². The number of unbranched alkanes of at least 4 members (excludes halogenated alkanes) is 1. The van der Waals surface area contributed by atoms with Gasteiger partial charge in [0.05, 0.1) is 5.56 Å². The fourth-order valence-corrected chi connectivity index (χ4v) is 4.85. The Hall–Kier alpha value is -4.24. The summed E-state index contributed by atoms with van der Waals surface area (Å²) in [5.74, 6) is 0.00277. The number of primary amides is 1. The summed E-state index contributed by atoms with van der Waals surface area (Å²) in [6.45, 7) is 2.59. The van der Waals surface area contributed by atoms with Gasteiger partial charge < -0.3 is 26.0 Å². The lowest BCUT2D eigenvalue weighted by atomic mass is 9.97. The highest BCUT2D eigenvalue weighted by Crippen LogP contribution is 2.20. The highest BCUT2D eigenvalue weighted by Gasteiger charge is 2.23. The molecule has 0 spiro atoms. The fraction of sp³-hybridized carbons (Fsp3) is 0.355. The van der Waals surface area contributed by atoms with E-state index in [1.165, 1.54) is 0 Å². The molecule has 40 heavy (non-hydrogen) atoms. The average Bonchev–Trinajstić information content (AvgIpc) is 2.99. The smallest absolute Gasteiger partial charge is 0.253 e. The molecule has 2 heterocycles. The maximum Gasteiger partial charge on any atom is 0.253 e. The average molecular weight is 544 g/mol. The molecule has 0 bridgehead atoms. The lowest BCUT2D eigenvalue weighted by molar-refractivity contribution is 0.0927. The molecule has 0 aliphatic carbocycles. The number of nitrogens with one attached hydrogen (secondary N) is 2. The monoisotopic (exact) mass is 543 g/mol. The second-order valence-electron chi connectivity index (χ2n) is 9.99. The standard InChI is InChI=1S/C31H37N5O4/c1-40-18-6-5-9-23-19-24(10-12-27(23)29(32)37)31(39)35-26-14-16-36(17-15-26)28-13-11-25(21-33-28)30(38)34-20-22-7-3-2-4-8-22/h2-4,7-8,10-13,19,21,26H,5-6,9,14-18,20H2,1H3,(H2,32,37)(H,34,38)(H,35,39). The number of pyridine rings is 1. The third-order valence-electron chi connectivity index (χ3n) is 7.14. The van der Waals surface area contributed by atoms with Gasteiger partial charge in [0.25, 0.3) is 11.8 Å². The van der Waals surface area contributed by atoms with Crippen LogP contribution in [0.3, 0.4) is 0 Å². The zero-order valence-corrected chi connectivity index (χ0v) is 22.9. The molecule has 3 aromatic rings. The summed E-state index contributed by atoms with van der Waals surface area (Å²) in [6.07, 6.45) is 5.51. The van der Waals surface area contributed by atoms with Gasteiger partial charge in [-0.1, -0.05) is 30.3 Å². The van der Waals surface area contributed by atoms with Gasteiger partial charge in [-0.25, -0.2) is 4.98 Å². The summed E-state index contributed by atoms with van der Waals surface area (Å²) in [5, 5.41) is 6.05. The van der Waals surface area contributed by atoms with Crippen LogP contribution in [0, 0.1) is 0 Å². The molecule has 1 aliphatic rings. The van der Waals surface area contributed by atoms with Crippen molar-refractivity contribution in [2.24, 2.45) is 5.73 Å². The molecule has 2 aromatic carbocycles. The molecule has 4 N–H and O–H groups in total. The number of nitrogens with zero attached hydrogens (tertiary/aromatic N) is 2. The summed E-state index contributed by atoms with van der Waals surface area (Å²) < 4.78 is 5.10. The van der Waals surface area contributed by atoms with Crippen molar-refractivity contribution in [1.82, 2.24) is 15.6 Å². The third kappa shape index (κ3) is 7.89. The summed E-state index contributed by atoms with van der Waals surface area (Å²) >= 11 is 0. The molecule has 9 nitrogen and oxygen atoms in total. The number of hydrogen-bond donors (Lipinski definition) is 3. The van der Waals surface area contributed by atoms with E-state index in [0.29, 0.717) is 36.3 Å². The van der Waals surface area contributed by atoms with Gasteiger partial charge in [0.15, 0.2) is 0 Å². The van der Waals surface area contributed by atoms with Crippen molar-refractivity contribution in [3.8, 4) is 0 Å². The number of amides is 3. The first-order valence-electron chi connectivity index (χ1n) is 13.7. The van der Waals surface area contributed by atoms with E-state index < -0.39 is 5.91 Å². The highest BCUT2D eigenvalue weighted by molar-refractivity contribution is 5.98. The number of hydrogen-bond acceptors (Lipinski definition) is 6. The van der Waals surface area contributed by atoms with Gasteiger partial charge in [-0.15, -0.1) is 0 Å². The normalized spacial score (nSPS) is 13.6. The van der Waals surface area contributed by atoms with Crippen LogP contribution in [0.4, 0.5) is 5.82 Å². The SMILES string of the molecule is COCCCCc1cc(C(=O)NC2CCN(c3ccc(C(=O)NCc4ccccc4)cn3)CC2)ccc1C(N)=O. The minimum Gasteiger partial charge on any atom is -0.385 e. The van der Waals surface area contributed by atoms with E-state index in [-0.39, 0.29) is 17.9 Å². The molecule has 1 fully saturated rings. The zero-order valence-electron chi connectivity index (χ0n) is 22.9. The number of methoxy groups -OCH3 is 1. The molecule has 3 amide bonds. The second-order valence-corrected chi connectivity index (χ2v) is 9.99. The second kappa shape index (κ2) is 14.2. The van der Waals surface area contributed by atoms with Crippen molar-refractivity contribution >= 4 is 23.5 Å². The van der Waals surface area contributed by atoms with Crippen LogP contribution < -0.4 is 21.3 Å². The summed E-state index contributed by atoms with van der Waals surface area (Å²) in [7, 11) is 1.66. The quantitative estimate of drug-likeness (QED) is 0.300. The van der Waals surface area contributed by atoms with Crippen LogP contribution in [0.15, 0.2) is 66.9 Å². The Balaban J connectivity index is 1.27. The van der Waals surface area contributed by atoms with E-state index in [2.05, 4.69) is 20.5 Å². The van der Waals surface area contributed by atoms with Crippen LogP contribution in [0.1, 0.15) is 67.9 Å². The molecule has 0 radical (unpaired) electrons. The van der Waals surface area contributed by atoms with Gasteiger partial charge in [-0.2, -0.15) is 0 Å². The number of aromatic nitrogens is 1. The largest absolute Gasteiger partial charge is 0.385 e. The summed E-state index contributed by atoms with van der Waals surface area (Å²) in [6, 6.07) is 18.5. The van der Waals surface area contributed by atoms with Crippen LogP contribution in [0.5, 0.6) is 0 Å². The molecule has 9 heteroatoms. The molecular weight excluding hydrogens is 506 g/mol. The Kier molecular flexibility index (Phi) is 10.2. The first-order chi connectivity index (χ1) is 19.4. The first kappa shape index (κ1) is 28.8. The van der Waals surface area contributed by atoms with E-state index in [0.717, 1.165) is 55.7 Å². The third-order valence-corrected chi connectivity index (χ3v) is 7.14. The van der Waals surface area contributed by atoms with Crippen molar-refractivity contribution in [2.45, 2.75) is 44.7 Å². The number of nitrogens with two attached hydrogens (primary N) is 1. The van der Waals surface area contributed by atoms with Gasteiger partial charge in [-0.3, -0.25) is 14.4 Å². The lowest BCUT2D eigenvalue weighted by Crippen LogP contribution is -2.45. The molecule has 4 rings (SSSR count). The molecule has 1 aliphatic heterocycles. The van der Waals surface area contributed by atoms with E-state index in [1.807, 2.05) is 36.4 Å². The van der Waals surface area contributed by atoms with Gasteiger partial charge >= 0.3 is 0 Å². The number of carbonyl (C=O) groups is 3. The number of ether oxygens (including phenoxy) is 1. The van der Waals surface area contributed by atoms with E-state index in [9.17, 15) is 14.4 Å². The van der Waals surface area contributed by atoms with Gasteiger partial charge in [0.1, 0.15) is 5.82 Å². The number of piperidine rings is 1. The van der Waals surface area contributed by atoms with E-state index in [1.54, 1.807) is 37.6 Å². The van der Waals surface area contributed by atoms with Gasteiger partial charge in [0, 0.05) is 56.7 Å². The molecular formula is C31H37N5O4. The lowest BCUT2D eigenvalue weighted by Gasteiger charge is -2.33. The number of anilines is 1. The highest BCUT2D eigenvalue weighted by atomic mass is 16.5. The molecule has 0 atom stereocenters. The molecule has 210 valence electrons. The van der Waals surface area contributed by atoms with Crippen LogP contribution in [0.2, 0.25) is 0 Å². The van der Waals surface area contributed by atoms with E-state index >= 15 is 0 Å². The Labute approximate surface area is 235 Å². The van der Waals surface area contributed by atoms with Crippen LogP contribution >= 0.6 is 0 Å². The summed E-state index contributed by atoms with van der Waals surface area (Å²) in [5.41, 5.74) is 8.87. The van der Waals surface area contributed by atoms with Gasteiger partial charge in [0.2, 0.25) is 5.91 Å². The van der Waals surface area contributed by atoms with Crippen molar-refractivity contribution in [1.29, 1.82) is 0 Å². The Bertz CT molecular complexity index is 1290. The van der Waals surface area contributed by atoms with Crippen molar-refractivity contribution in [2.75, 3.05) is 31.7 Å². The van der Waals surface area contributed by atoms with Crippen LogP contribution in [-0.2, 0) is 17.7 Å². The predicted octanol–water partition coefficient (Wildman–Crippen LogP) is 3.48. The van der Waals surface area contributed by atoms with Crippen molar-refractivity contribution < 1.29 is 19.1 Å². The van der Waals surface area contributed by atoms with E-state index in [4.69, 9.17) is 10.5 Å². The Morgan fingerprint density at radius 1 is 0.975 bits per heavy atom. The minimum absolute atomic E-state index is 0.0350. The molecule has 0 unspecified atom stereocenters. The maximum absolute atomic E-state index is 13.0. The van der Waals surface area contributed by atoms with Crippen molar-refractivity contribution in [3.05, 3.63) is 94.7 Å². The predicted molar refractivity (Wildman–Crippen MR) is 154 cm³/mol. The number of benzene rings is 2. The molecule has 1 saturated heterocycles. The van der Waals surface area contributed by atoms with Crippen LogP contribution in [-0.4, -0.2) is 55.6 Å². The first-order valence-corrected chi connectivity index (χ1v) is 13.7. The Morgan fingerprint density at radius 2 is 1.73 bits per heavy atom. The summed E-state index contributed by atoms with van der Waals surface area (Å²) in [4.78, 5) is 44.0. The van der Waals surface area contributed by atoms with Crippen molar-refractivity contribution in [3.63, 3.8) is 0 Å². The maximum atomic E-state index is 13.0. The number of carbonyl (C=O) groups excluding carboxylic acids is 3. The zero-order chi connectivity index (χ0) is 28.3. The topological polar surface area (TPSA) is 127 Å². The number of aryl methyl sites for hydroxylation is 1. The fourth-order valence-electron chi connectivity index (χ4n) is 4.85. The molecule has 0 saturated carbocycles. The molecule has 1 aromatic heterocycles. The van der Waals surface area contributed by atoms with Gasteiger partial charge in [-0.05, 0) is 73.6 Å².